The Morgan fingerprint density at radius 2 is 0.427 bits per heavy atom. The van der Waals surface area contributed by atoms with Gasteiger partial charge in [0.2, 0.25) is 0 Å². The molecule has 0 saturated heterocycles. The molecule has 13 rings (SSSR count). The second kappa shape index (κ2) is 23.1. The first-order valence-corrected chi connectivity index (χ1v) is 28.4. The lowest BCUT2D eigenvalue weighted by Gasteiger charge is -2.32. The van der Waals surface area contributed by atoms with Gasteiger partial charge in [-0.05, 0) is 177 Å². The normalized spacial score (nSPS) is 11.8. The summed E-state index contributed by atoms with van der Waals surface area (Å²) in [7, 11) is 0. The van der Waals surface area contributed by atoms with E-state index < -0.39 is 5.41 Å². The first kappa shape index (κ1) is 51.1. The van der Waals surface area contributed by atoms with Crippen LogP contribution < -0.4 is 0 Å². The zero-order valence-corrected chi connectivity index (χ0v) is 45.9. The summed E-state index contributed by atoms with van der Waals surface area (Å²) < 4.78 is 0. The molecule has 0 aromatic heterocycles. The SMILES string of the molecule is CC1(c2cc(C=C(c3ccccc3)c3ccccc3)ccc2-c2ccc(C=C(c3ccccc3)c3ccccc3)cc2)c2cc(C=C(c3ccccc3)c3ccccc3)ccc2-c2ccc(C=C(c3ccccc3)c3ccccc3)cc21. The molecule has 0 atom stereocenters. The van der Waals surface area contributed by atoms with Gasteiger partial charge >= 0.3 is 0 Å². The Balaban J connectivity index is 1.05. The molecule has 82 heavy (non-hydrogen) atoms. The van der Waals surface area contributed by atoms with E-state index in [4.69, 9.17) is 0 Å². The second-order valence-electron chi connectivity index (χ2n) is 21.3. The molecule has 0 N–H and O–H groups in total. The van der Waals surface area contributed by atoms with Gasteiger partial charge in [-0.1, -0.05) is 303 Å². The topological polar surface area (TPSA) is 0 Å². The third-order valence-electron chi connectivity index (χ3n) is 16.2. The van der Waals surface area contributed by atoms with E-state index in [0.29, 0.717) is 0 Å². The maximum atomic E-state index is 2.49. The van der Waals surface area contributed by atoms with Crippen LogP contribution in [0.2, 0.25) is 0 Å². The largest absolute Gasteiger partial charge is 0.0622 e. The smallest absolute Gasteiger partial charge is 0.0442 e. The Morgan fingerprint density at radius 3 is 0.683 bits per heavy atom. The fraction of sp³-hybridized carbons (Fsp3) is 0.0244. The van der Waals surface area contributed by atoms with E-state index in [9.17, 15) is 0 Å². The summed E-state index contributed by atoms with van der Waals surface area (Å²) in [4.78, 5) is 0. The van der Waals surface area contributed by atoms with Gasteiger partial charge in [0, 0.05) is 5.41 Å². The van der Waals surface area contributed by atoms with Crippen molar-refractivity contribution < 1.29 is 0 Å². The van der Waals surface area contributed by atoms with Crippen LogP contribution in [0.25, 0.3) is 68.9 Å². The zero-order chi connectivity index (χ0) is 55.1. The van der Waals surface area contributed by atoms with Gasteiger partial charge in [0.05, 0.1) is 0 Å². The summed E-state index contributed by atoms with van der Waals surface area (Å²) in [6.07, 6.45) is 9.47. The van der Waals surface area contributed by atoms with Crippen molar-refractivity contribution in [2.24, 2.45) is 0 Å². The standard InChI is InChI=1S/C82H60/c1-82(79-56-60(53-76(65-30-14-4-15-31-65)66-32-16-5-17-33-66)44-49-72(79)71-47-42-59(43-48-71)52-75(63-26-10-2-11-27-63)64-28-12-3-13-29-64)80-57-61(54-77(67-34-18-6-19-35-67)68-36-20-7-21-37-68)45-50-73(80)74-51-46-62(58-81(74)82)55-78(69-38-22-8-23-39-69)70-40-24-9-25-41-70/h2-58H,1H3. The van der Waals surface area contributed by atoms with Crippen molar-refractivity contribution in [2.75, 3.05) is 0 Å². The number of hydrogen-bond acceptors (Lipinski definition) is 0. The molecule has 1 aliphatic carbocycles. The molecule has 0 nitrogen and oxygen atoms in total. The molecule has 0 unspecified atom stereocenters. The molecule has 12 aromatic rings. The Bertz CT molecular complexity index is 3980. The van der Waals surface area contributed by atoms with E-state index in [2.05, 4.69) is 353 Å². The maximum Gasteiger partial charge on any atom is 0.0442 e. The van der Waals surface area contributed by atoms with Crippen LogP contribution in [0.3, 0.4) is 0 Å². The van der Waals surface area contributed by atoms with Gasteiger partial charge in [-0.2, -0.15) is 0 Å². The molecule has 1 aliphatic rings. The summed E-state index contributed by atoms with van der Waals surface area (Å²) in [5, 5.41) is 0. The van der Waals surface area contributed by atoms with Gasteiger partial charge < -0.3 is 0 Å². The Labute approximate surface area is 483 Å². The van der Waals surface area contributed by atoms with E-state index in [1.165, 1.54) is 100 Å². The third kappa shape index (κ3) is 10.5. The lowest BCUT2D eigenvalue weighted by molar-refractivity contribution is 0.715. The summed E-state index contributed by atoms with van der Waals surface area (Å²) in [6.45, 7) is 2.48. The monoisotopic (exact) mass is 1040 g/mol. The predicted octanol–water partition coefficient (Wildman–Crippen LogP) is 21.0. The average molecular weight is 1050 g/mol. The number of fused-ring (bicyclic) bond motifs is 3. The van der Waals surface area contributed by atoms with Gasteiger partial charge in [-0.25, -0.2) is 0 Å². The van der Waals surface area contributed by atoms with Gasteiger partial charge in [-0.3, -0.25) is 0 Å². The van der Waals surface area contributed by atoms with Gasteiger partial charge in [0.25, 0.3) is 0 Å². The number of benzene rings is 12. The molecule has 0 fully saturated rings. The van der Waals surface area contributed by atoms with Crippen LogP contribution in [0, 0.1) is 0 Å². The molecule has 0 heterocycles. The fourth-order valence-corrected chi connectivity index (χ4v) is 12.1. The number of rotatable bonds is 14. The van der Waals surface area contributed by atoms with Crippen molar-refractivity contribution in [2.45, 2.75) is 12.3 Å². The minimum atomic E-state index is -0.636. The van der Waals surface area contributed by atoms with E-state index in [-0.39, 0.29) is 0 Å². The minimum Gasteiger partial charge on any atom is -0.0622 e. The molecule has 388 valence electrons. The second-order valence-corrected chi connectivity index (χ2v) is 21.3. The van der Waals surface area contributed by atoms with Crippen LogP contribution in [0.4, 0.5) is 0 Å². The third-order valence-corrected chi connectivity index (χ3v) is 16.2. The molecular formula is C82H60. The average Bonchev–Trinajstić information content (AvgIpc) is 3.22. The molecule has 0 saturated carbocycles. The van der Waals surface area contributed by atoms with Gasteiger partial charge in [0.15, 0.2) is 0 Å². The first-order valence-electron chi connectivity index (χ1n) is 28.4. The van der Waals surface area contributed by atoms with Crippen LogP contribution in [0.15, 0.2) is 322 Å². The molecule has 0 amide bonds. The van der Waals surface area contributed by atoms with Crippen molar-refractivity contribution in [3.63, 3.8) is 0 Å². The van der Waals surface area contributed by atoms with Crippen LogP contribution >= 0.6 is 0 Å². The van der Waals surface area contributed by atoms with Crippen molar-refractivity contribution in [3.05, 3.63) is 405 Å². The van der Waals surface area contributed by atoms with Crippen LogP contribution in [0.5, 0.6) is 0 Å². The van der Waals surface area contributed by atoms with Crippen molar-refractivity contribution >= 4 is 46.6 Å². The summed E-state index contributed by atoms with van der Waals surface area (Å²) in [5.74, 6) is 0. The molecule has 12 aromatic carbocycles. The van der Waals surface area contributed by atoms with Gasteiger partial charge in [-0.15, -0.1) is 0 Å². The zero-order valence-electron chi connectivity index (χ0n) is 45.9. The van der Waals surface area contributed by atoms with E-state index in [0.717, 1.165) is 27.8 Å². The first-order chi connectivity index (χ1) is 40.5. The van der Waals surface area contributed by atoms with Gasteiger partial charge in [0.1, 0.15) is 0 Å². The molecular weight excluding hydrogens is 985 g/mol. The maximum absolute atomic E-state index is 2.49. The van der Waals surface area contributed by atoms with Crippen molar-refractivity contribution in [1.82, 2.24) is 0 Å². The minimum absolute atomic E-state index is 0.636. The highest BCUT2D eigenvalue weighted by molar-refractivity contribution is 5.97. The van der Waals surface area contributed by atoms with Crippen LogP contribution in [-0.2, 0) is 5.41 Å². The highest BCUT2D eigenvalue weighted by Gasteiger charge is 2.43. The summed E-state index contributed by atoms with van der Waals surface area (Å²) in [5.41, 5.74) is 26.7. The Hall–Kier alpha value is -10.4. The Kier molecular flexibility index (Phi) is 14.4. The highest BCUT2D eigenvalue weighted by Crippen LogP contribution is 2.55. The number of hydrogen-bond donors (Lipinski definition) is 0. The quantitative estimate of drug-likeness (QED) is 0.0952. The highest BCUT2D eigenvalue weighted by atomic mass is 14.4. The fourth-order valence-electron chi connectivity index (χ4n) is 12.1. The molecule has 0 radical (unpaired) electrons. The lowest BCUT2D eigenvalue weighted by atomic mass is 9.70. The molecule has 0 heteroatoms. The molecule has 0 spiro atoms. The predicted molar refractivity (Wildman–Crippen MR) is 349 cm³/mol. The van der Waals surface area contributed by atoms with Crippen molar-refractivity contribution in [3.8, 4) is 22.3 Å². The van der Waals surface area contributed by atoms with E-state index in [1.807, 2.05) is 0 Å². The lowest BCUT2D eigenvalue weighted by Crippen LogP contribution is -2.24. The molecule has 0 bridgehead atoms. The van der Waals surface area contributed by atoms with Crippen molar-refractivity contribution in [1.29, 1.82) is 0 Å². The summed E-state index contributed by atoms with van der Waals surface area (Å²) >= 11 is 0. The van der Waals surface area contributed by atoms with E-state index in [1.54, 1.807) is 0 Å². The molecule has 0 aliphatic heterocycles. The summed E-state index contributed by atoms with van der Waals surface area (Å²) in [6, 6.07) is 117. The van der Waals surface area contributed by atoms with Crippen LogP contribution in [-0.4, -0.2) is 0 Å². The van der Waals surface area contributed by atoms with Crippen LogP contribution in [0.1, 0.15) is 90.4 Å². The van der Waals surface area contributed by atoms with E-state index >= 15 is 0 Å². The Morgan fingerprint density at radius 1 is 0.220 bits per heavy atom.